The molecular weight excluding hydrogens is 577 g/mol. The quantitative estimate of drug-likeness (QED) is 0.327. The Morgan fingerprint density at radius 3 is 2.42 bits per heavy atom. The number of nitrogens with one attached hydrogen (secondary N) is 1. The number of amides is 2. The maximum atomic E-state index is 14.7. The molecule has 3 heterocycles. The summed E-state index contributed by atoms with van der Waals surface area (Å²) in [5, 5.41) is 4.07. The van der Waals surface area contributed by atoms with Crippen LogP contribution < -0.4 is 15.1 Å². The summed E-state index contributed by atoms with van der Waals surface area (Å²) in [6.45, 7) is 5.42. The highest BCUT2D eigenvalue weighted by atomic mass is 35.5. The van der Waals surface area contributed by atoms with Gasteiger partial charge in [0.1, 0.15) is 16.7 Å². The van der Waals surface area contributed by atoms with Crippen LogP contribution in [0.1, 0.15) is 12.1 Å². The van der Waals surface area contributed by atoms with Gasteiger partial charge in [-0.15, -0.1) is 0 Å². The summed E-state index contributed by atoms with van der Waals surface area (Å²) in [5.74, 6) is -1.29. The van der Waals surface area contributed by atoms with Crippen LogP contribution in [-0.2, 0) is 6.54 Å². The van der Waals surface area contributed by atoms with Crippen molar-refractivity contribution in [3.8, 4) is 0 Å². The molecule has 12 heteroatoms. The van der Waals surface area contributed by atoms with Gasteiger partial charge in [0.05, 0.1) is 39.3 Å². The molecule has 3 aromatic rings. The number of piperazine rings is 1. The van der Waals surface area contributed by atoms with Gasteiger partial charge in [-0.05, 0) is 63.9 Å². The van der Waals surface area contributed by atoms with E-state index in [0.29, 0.717) is 32.1 Å². The van der Waals surface area contributed by atoms with Gasteiger partial charge >= 0.3 is 6.03 Å². The number of rotatable bonds is 8. The average Bonchev–Trinajstić information content (AvgIpc) is 2.91. The first-order chi connectivity index (χ1) is 19.2. The van der Waals surface area contributed by atoms with Gasteiger partial charge in [-0.1, -0.05) is 41.0 Å². The van der Waals surface area contributed by atoms with Crippen LogP contribution in [0.25, 0.3) is 0 Å². The molecule has 2 aliphatic rings. The molecule has 0 unspecified atom stereocenters. The van der Waals surface area contributed by atoms with Gasteiger partial charge in [-0.3, -0.25) is 9.80 Å². The number of carbonyl (C=O) groups is 1. The van der Waals surface area contributed by atoms with Crippen LogP contribution in [0.5, 0.6) is 0 Å². The second-order valence-electron chi connectivity index (χ2n) is 10.0. The summed E-state index contributed by atoms with van der Waals surface area (Å²) in [6.07, 6.45) is 1.08. The molecule has 0 radical (unpaired) electrons. The zero-order valence-electron chi connectivity index (χ0n) is 22.3. The Morgan fingerprint density at radius 2 is 1.75 bits per heavy atom. The Morgan fingerprint density at radius 1 is 1.02 bits per heavy atom. The van der Waals surface area contributed by atoms with Crippen molar-refractivity contribution >= 4 is 58.1 Å². The number of nitrogens with zero attached hydrogens (tertiary/aromatic N) is 5. The van der Waals surface area contributed by atoms with E-state index in [1.807, 2.05) is 6.07 Å². The van der Waals surface area contributed by atoms with Crippen molar-refractivity contribution in [2.75, 3.05) is 63.2 Å². The van der Waals surface area contributed by atoms with Crippen LogP contribution in [0.3, 0.4) is 0 Å². The van der Waals surface area contributed by atoms with Crippen molar-refractivity contribution in [2.45, 2.75) is 22.9 Å². The predicted molar refractivity (Wildman–Crippen MR) is 157 cm³/mol. The normalized spacial score (nSPS) is 15.9. The summed E-state index contributed by atoms with van der Waals surface area (Å²) < 4.78 is 28.3. The highest BCUT2D eigenvalue weighted by molar-refractivity contribution is 7.99. The van der Waals surface area contributed by atoms with E-state index in [4.69, 9.17) is 28.2 Å². The number of anilines is 3. The first kappa shape index (κ1) is 28.9. The Balaban J connectivity index is 1.52. The molecule has 1 N–H and O–H groups in total. The van der Waals surface area contributed by atoms with Crippen LogP contribution in [-0.4, -0.2) is 74.2 Å². The highest BCUT2D eigenvalue weighted by Crippen LogP contribution is 2.44. The molecule has 0 aliphatic carbocycles. The molecule has 0 bridgehead atoms. The van der Waals surface area contributed by atoms with Crippen molar-refractivity contribution in [2.24, 2.45) is 0 Å². The minimum atomic E-state index is -0.654. The van der Waals surface area contributed by atoms with E-state index in [1.165, 1.54) is 17.0 Å². The molecular formula is C28H30Cl2F2N6OS. The lowest BCUT2D eigenvalue weighted by Crippen LogP contribution is -2.47. The number of aromatic nitrogens is 1. The Bertz CT molecular complexity index is 1380. The van der Waals surface area contributed by atoms with Gasteiger partial charge in [0.25, 0.3) is 0 Å². The van der Waals surface area contributed by atoms with E-state index in [2.05, 4.69) is 34.1 Å². The van der Waals surface area contributed by atoms with Crippen molar-refractivity contribution in [3.63, 3.8) is 0 Å². The maximum absolute atomic E-state index is 14.7. The third-order valence-electron chi connectivity index (χ3n) is 6.93. The Kier molecular flexibility index (Phi) is 9.01. The molecule has 40 heavy (non-hydrogen) atoms. The van der Waals surface area contributed by atoms with Crippen molar-refractivity contribution in [3.05, 3.63) is 69.8 Å². The molecule has 2 aromatic carbocycles. The number of urea groups is 1. The number of carbonyl (C=O) groups excluding carboxylic acids is 1. The molecule has 1 aromatic heterocycles. The second kappa shape index (κ2) is 12.5. The van der Waals surface area contributed by atoms with E-state index in [0.717, 1.165) is 69.2 Å². The minimum absolute atomic E-state index is 0.187. The van der Waals surface area contributed by atoms with E-state index >= 15 is 0 Å². The standard InChI is InChI=1S/C28H30Cl2F2N6OS/c1-35(2)9-4-10-36-11-13-37(14-12-36)24-16-23-22(34-27(24)40-25-8-7-18(31)15-21(25)32)17-33-28(39)38(23)26-19(29)5-3-6-20(26)30/h3,5-8,15-16H,4,9-14,17H2,1-2H3,(H,33,39). The second-order valence-corrected chi connectivity index (χ2v) is 11.9. The maximum Gasteiger partial charge on any atom is 0.326 e. The first-order valence-corrected chi connectivity index (χ1v) is 14.6. The fraction of sp³-hybridized carbons (Fsp3) is 0.357. The summed E-state index contributed by atoms with van der Waals surface area (Å²) in [7, 11) is 4.15. The summed E-state index contributed by atoms with van der Waals surface area (Å²) >= 11 is 14.2. The van der Waals surface area contributed by atoms with Gasteiger partial charge in [0.2, 0.25) is 0 Å². The van der Waals surface area contributed by atoms with E-state index in [9.17, 15) is 13.6 Å². The van der Waals surface area contributed by atoms with Crippen LogP contribution in [0.2, 0.25) is 10.0 Å². The molecule has 0 spiro atoms. The molecule has 1 saturated heterocycles. The Labute approximate surface area is 247 Å². The monoisotopic (exact) mass is 606 g/mol. The van der Waals surface area contributed by atoms with Crippen molar-refractivity contribution in [1.29, 1.82) is 0 Å². The number of para-hydroxylation sites is 1. The van der Waals surface area contributed by atoms with Crippen LogP contribution >= 0.6 is 35.0 Å². The summed E-state index contributed by atoms with van der Waals surface area (Å²) in [6, 6.07) is 10.1. The van der Waals surface area contributed by atoms with Gasteiger partial charge in [-0.2, -0.15) is 0 Å². The lowest BCUT2D eigenvalue weighted by atomic mass is 10.1. The lowest BCUT2D eigenvalue weighted by molar-refractivity contribution is 0.242. The van der Waals surface area contributed by atoms with E-state index < -0.39 is 11.6 Å². The number of pyridine rings is 1. The zero-order chi connectivity index (χ0) is 28.4. The lowest BCUT2D eigenvalue weighted by Gasteiger charge is -2.38. The van der Waals surface area contributed by atoms with E-state index in [1.54, 1.807) is 18.2 Å². The van der Waals surface area contributed by atoms with Crippen LogP contribution in [0.4, 0.5) is 30.6 Å². The number of benzene rings is 2. The number of hydrogen-bond acceptors (Lipinski definition) is 6. The smallest absolute Gasteiger partial charge is 0.326 e. The molecule has 2 aliphatic heterocycles. The van der Waals surface area contributed by atoms with Crippen molar-refractivity contribution < 1.29 is 13.6 Å². The van der Waals surface area contributed by atoms with Crippen LogP contribution in [0, 0.1) is 11.6 Å². The highest BCUT2D eigenvalue weighted by Gasteiger charge is 2.32. The number of halogens is 4. The van der Waals surface area contributed by atoms with Crippen LogP contribution in [0.15, 0.2) is 52.4 Å². The topological polar surface area (TPSA) is 55.0 Å². The first-order valence-electron chi connectivity index (χ1n) is 13.0. The van der Waals surface area contributed by atoms with Gasteiger partial charge < -0.3 is 15.1 Å². The molecule has 1 fully saturated rings. The molecule has 2 amide bonds. The van der Waals surface area contributed by atoms with Gasteiger partial charge in [-0.25, -0.2) is 18.6 Å². The van der Waals surface area contributed by atoms with Gasteiger partial charge in [0.15, 0.2) is 0 Å². The Hall–Kier alpha value is -2.63. The molecule has 212 valence electrons. The predicted octanol–water partition coefficient (Wildman–Crippen LogP) is 6.25. The van der Waals surface area contributed by atoms with Gasteiger partial charge in [0, 0.05) is 37.1 Å². The minimum Gasteiger partial charge on any atom is -0.367 e. The molecule has 0 atom stereocenters. The fourth-order valence-electron chi connectivity index (χ4n) is 4.89. The molecule has 7 nitrogen and oxygen atoms in total. The van der Waals surface area contributed by atoms with E-state index in [-0.39, 0.29) is 17.5 Å². The third kappa shape index (κ3) is 6.31. The zero-order valence-corrected chi connectivity index (χ0v) is 24.6. The third-order valence-corrected chi connectivity index (χ3v) is 8.58. The fourth-order valence-corrected chi connectivity index (χ4v) is 6.41. The summed E-state index contributed by atoms with van der Waals surface area (Å²) in [4.78, 5) is 26.6. The SMILES string of the molecule is CN(C)CCCN1CCN(c2cc3c(nc2Sc2ccc(F)cc2F)CNC(=O)N3c2c(Cl)cccc2Cl)CC1. The molecule has 0 saturated carbocycles. The largest absolute Gasteiger partial charge is 0.367 e. The average molecular weight is 608 g/mol. The molecule has 5 rings (SSSR count). The summed E-state index contributed by atoms with van der Waals surface area (Å²) in [5.41, 5.74) is 2.29. The number of fused-ring (bicyclic) bond motifs is 1. The van der Waals surface area contributed by atoms with Crippen molar-refractivity contribution in [1.82, 2.24) is 20.1 Å². The number of hydrogen-bond donors (Lipinski definition) is 1.